The molecule has 0 unspecified atom stereocenters. The Bertz CT molecular complexity index is 3110. The zero-order valence-electron chi connectivity index (χ0n) is 28.1. The van der Waals surface area contributed by atoms with Gasteiger partial charge in [-0.3, -0.25) is 0 Å². The van der Waals surface area contributed by atoms with Crippen LogP contribution in [0.4, 0.5) is 0 Å². The van der Waals surface area contributed by atoms with E-state index in [4.69, 9.17) is 0 Å². The fraction of sp³-hybridized carbons (Fsp3) is 0. The second-order valence-corrected chi connectivity index (χ2v) is 15.8. The van der Waals surface area contributed by atoms with Gasteiger partial charge in [0.25, 0.3) is 0 Å². The highest BCUT2D eigenvalue weighted by molar-refractivity contribution is 7.25. The second-order valence-electron chi connectivity index (χ2n) is 13.6. The van der Waals surface area contributed by atoms with Crippen molar-refractivity contribution in [1.29, 1.82) is 0 Å². The molecule has 0 saturated heterocycles. The van der Waals surface area contributed by atoms with Crippen molar-refractivity contribution in [2.24, 2.45) is 0 Å². The number of thiophene rings is 2. The lowest BCUT2D eigenvalue weighted by Gasteiger charge is -2.12. The van der Waals surface area contributed by atoms with Gasteiger partial charge in [0.05, 0.1) is 0 Å². The van der Waals surface area contributed by atoms with E-state index in [0.29, 0.717) is 0 Å². The Labute approximate surface area is 309 Å². The van der Waals surface area contributed by atoms with E-state index in [0.717, 1.165) is 0 Å². The molecule has 0 aliphatic rings. The summed E-state index contributed by atoms with van der Waals surface area (Å²) in [5, 5.41) is 15.7. The molecule has 9 aromatic carbocycles. The summed E-state index contributed by atoms with van der Waals surface area (Å²) in [4.78, 5) is 5.20. The molecule has 11 rings (SSSR count). The third kappa shape index (κ3) is 4.65. The molecule has 242 valence electrons. The summed E-state index contributed by atoms with van der Waals surface area (Å²) in [5.74, 6) is 0. The SMILES string of the molecule is c1ccc2c(c1)c1ccccc1c1cc(-c3ccc(-c4ccc(-c5ccc(-c6ccc7c8ccccc8c8ccccc8c7c6)s5)s4)cc3)ccc21. The van der Waals surface area contributed by atoms with Gasteiger partial charge in [0.1, 0.15) is 0 Å². The van der Waals surface area contributed by atoms with Crippen LogP contribution in [0.5, 0.6) is 0 Å². The average molecular weight is 695 g/mol. The van der Waals surface area contributed by atoms with Gasteiger partial charge < -0.3 is 0 Å². The Kier molecular flexibility index (Phi) is 6.70. The van der Waals surface area contributed by atoms with Crippen LogP contribution in [0.1, 0.15) is 0 Å². The normalized spacial score (nSPS) is 11.8. The summed E-state index contributed by atoms with van der Waals surface area (Å²) in [6, 6.07) is 67.3. The number of hydrogen-bond donors (Lipinski definition) is 0. The predicted molar refractivity (Wildman–Crippen MR) is 229 cm³/mol. The Hall–Kier alpha value is -6.06. The van der Waals surface area contributed by atoms with Crippen LogP contribution in [0.15, 0.2) is 182 Å². The number of rotatable bonds is 4. The molecule has 0 aliphatic carbocycles. The van der Waals surface area contributed by atoms with Gasteiger partial charge in [-0.05, 0) is 123 Å². The predicted octanol–water partition coefficient (Wildman–Crippen LogP) is 15.4. The number of benzene rings is 9. The zero-order chi connectivity index (χ0) is 34.2. The summed E-state index contributed by atoms with van der Waals surface area (Å²) in [6.07, 6.45) is 0. The number of fused-ring (bicyclic) bond motifs is 12. The molecule has 0 nitrogen and oxygen atoms in total. The van der Waals surface area contributed by atoms with Gasteiger partial charge >= 0.3 is 0 Å². The summed E-state index contributed by atoms with van der Waals surface area (Å²) < 4.78 is 0. The van der Waals surface area contributed by atoms with Crippen LogP contribution in [-0.2, 0) is 0 Å². The van der Waals surface area contributed by atoms with E-state index < -0.39 is 0 Å². The van der Waals surface area contributed by atoms with Crippen molar-refractivity contribution in [3.05, 3.63) is 182 Å². The van der Waals surface area contributed by atoms with Crippen molar-refractivity contribution < 1.29 is 0 Å². The molecule has 11 aromatic rings. The molecule has 0 spiro atoms. The van der Waals surface area contributed by atoms with Crippen molar-refractivity contribution >= 4 is 87.3 Å². The molecule has 0 aliphatic heterocycles. The first-order valence-corrected chi connectivity index (χ1v) is 19.4. The van der Waals surface area contributed by atoms with Crippen molar-refractivity contribution in [2.45, 2.75) is 0 Å². The van der Waals surface area contributed by atoms with Gasteiger partial charge in [-0.1, -0.05) is 146 Å². The second kappa shape index (κ2) is 11.7. The van der Waals surface area contributed by atoms with Crippen molar-refractivity contribution in [3.63, 3.8) is 0 Å². The van der Waals surface area contributed by atoms with Crippen molar-refractivity contribution in [1.82, 2.24) is 0 Å². The summed E-state index contributed by atoms with van der Waals surface area (Å²) in [7, 11) is 0. The highest BCUT2D eigenvalue weighted by atomic mass is 32.1. The fourth-order valence-corrected chi connectivity index (χ4v) is 10.3. The largest absolute Gasteiger partial charge is 0.134 e. The molecular formula is C50H30S2. The Balaban J connectivity index is 0.907. The standard InChI is InChI=1S/C50H30S2/c1-3-13-39-35(9-1)37-11-5-7-15-41(37)45-29-33(21-23-43(39)45)31-17-19-32(20-18-31)47-25-27-49(51-47)50-28-26-48(52-50)34-22-24-44-40-14-4-2-10-36(40)38-12-6-8-16-42(38)46(44)30-34/h1-30H. The fourth-order valence-electron chi connectivity index (χ4n) is 8.23. The molecule has 0 atom stereocenters. The van der Waals surface area contributed by atoms with E-state index >= 15 is 0 Å². The molecule has 52 heavy (non-hydrogen) atoms. The van der Waals surface area contributed by atoms with Crippen LogP contribution >= 0.6 is 22.7 Å². The van der Waals surface area contributed by atoms with Crippen molar-refractivity contribution in [2.75, 3.05) is 0 Å². The minimum Gasteiger partial charge on any atom is -0.134 e. The van der Waals surface area contributed by atoms with Crippen LogP contribution in [0.25, 0.3) is 106 Å². The zero-order valence-corrected chi connectivity index (χ0v) is 29.8. The van der Waals surface area contributed by atoms with Crippen LogP contribution in [0.2, 0.25) is 0 Å². The van der Waals surface area contributed by atoms with Gasteiger partial charge in [0, 0.05) is 19.5 Å². The molecule has 2 aromatic heterocycles. The molecule has 0 amide bonds. The minimum absolute atomic E-state index is 1.23. The quantitative estimate of drug-likeness (QED) is 0.161. The lowest BCUT2D eigenvalue weighted by molar-refractivity contribution is 1.65. The first-order valence-electron chi connectivity index (χ1n) is 17.7. The van der Waals surface area contributed by atoms with E-state index in [2.05, 4.69) is 182 Å². The summed E-state index contributed by atoms with van der Waals surface area (Å²) >= 11 is 3.75. The van der Waals surface area contributed by atoms with Crippen LogP contribution in [-0.4, -0.2) is 0 Å². The minimum atomic E-state index is 1.23. The summed E-state index contributed by atoms with van der Waals surface area (Å²) in [5.41, 5.74) is 5.00. The van der Waals surface area contributed by atoms with E-state index in [1.807, 2.05) is 22.7 Å². The Morgan fingerprint density at radius 2 is 0.481 bits per heavy atom. The van der Waals surface area contributed by atoms with Gasteiger partial charge in [0.2, 0.25) is 0 Å². The van der Waals surface area contributed by atoms with Gasteiger partial charge in [0.15, 0.2) is 0 Å². The number of hydrogen-bond acceptors (Lipinski definition) is 2. The van der Waals surface area contributed by atoms with E-state index in [-0.39, 0.29) is 0 Å². The first kappa shape index (κ1) is 29.6. The van der Waals surface area contributed by atoms with E-state index in [1.54, 1.807) is 0 Å². The highest BCUT2D eigenvalue weighted by Gasteiger charge is 2.14. The third-order valence-corrected chi connectivity index (χ3v) is 13.2. The smallest absolute Gasteiger partial charge is 0.0449 e. The first-order chi connectivity index (χ1) is 25.8. The van der Waals surface area contributed by atoms with Crippen LogP contribution < -0.4 is 0 Å². The monoisotopic (exact) mass is 694 g/mol. The maximum Gasteiger partial charge on any atom is 0.0449 e. The maximum absolute atomic E-state index is 2.39. The lowest BCUT2D eigenvalue weighted by Crippen LogP contribution is -1.85. The Morgan fingerprint density at radius 1 is 0.192 bits per heavy atom. The molecule has 0 bridgehead atoms. The summed E-state index contributed by atoms with van der Waals surface area (Å²) in [6.45, 7) is 0. The average Bonchev–Trinajstić information content (AvgIpc) is 3.92. The van der Waals surface area contributed by atoms with Crippen LogP contribution in [0.3, 0.4) is 0 Å². The van der Waals surface area contributed by atoms with E-state index in [1.165, 1.54) is 106 Å². The van der Waals surface area contributed by atoms with Gasteiger partial charge in [-0.15, -0.1) is 22.7 Å². The van der Waals surface area contributed by atoms with Crippen LogP contribution in [0, 0.1) is 0 Å². The molecular weight excluding hydrogens is 665 g/mol. The highest BCUT2D eigenvalue weighted by Crippen LogP contribution is 2.43. The maximum atomic E-state index is 2.39. The molecule has 0 radical (unpaired) electrons. The Morgan fingerprint density at radius 3 is 0.923 bits per heavy atom. The molecule has 0 fully saturated rings. The molecule has 0 saturated carbocycles. The third-order valence-electron chi connectivity index (χ3n) is 10.7. The molecule has 0 N–H and O–H groups in total. The molecule has 2 heterocycles. The molecule has 2 heteroatoms. The van der Waals surface area contributed by atoms with Crippen molar-refractivity contribution in [3.8, 4) is 41.8 Å². The van der Waals surface area contributed by atoms with E-state index in [9.17, 15) is 0 Å². The van der Waals surface area contributed by atoms with Gasteiger partial charge in [-0.2, -0.15) is 0 Å². The lowest BCUT2D eigenvalue weighted by atomic mass is 9.92. The van der Waals surface area contributed by atoms with Gasteiger partial charge in [-0.25, -0.2) is 0 Å². The topological polar surface area (TPSA) is 0 Å².